The van der Waals surface area contributed by atoms with Gasteiger partial charge in [0.25, 0.3) is 5.91 Å². The summed E-state index contributed by atoms with van der Waals surface area (Å²) in [5.74, 6) is -0.810. The first-order chi connectivity index (χ1) is 8.92. The molecule has 1 aromatic rings. The van der Waals surface area contributed by atoms with E-state index in [1.807, 2.05) is 38.1 Å². The van der Waals surface area contributed by atoms with Crippen molar-refractivity contribution in [1.82, 2.24) is 4.90 Å². The summed E-state index contributed by atoms with van der Waals surface area (Å²) < 4.78 is 0. The quantitative estimate of drug-likeness (QED) is 0.905. The lowest BCUT2D eigenvalue weighted by Crippen LogP contribution is -2.51. The molecule has 0 aromatic heterocycles. The predicted octanol–water partition coefficient (Wildman–Crippen LogP) is 2.33. The largest absolute Gasteiger partial charge is 0.481 e. The van der Waals surface area contributed by atoms with Crippen molar-refractivity contribution in [3.8, 4) is 0 Å². The van der Waals surface area contributed by atoms with Gasteiger partial charge in [0.15, 0.2) is 0 Å². The van der Waals surface area contributed by atoms with E-state index in [0.29, 0.717) is 13.0 Å². The van der Waals surface area contributed by atoms with Gasteiger partial charge in [0.2, 0.25) is 0 Å². The van der Waals surface area contributed by atoms with E-state index in [1.165, 1.54) is 0 Å². The number of hydrogen-bond donors (Lipinski definition) is 1. The first kappa shape index (κ1) is 13.6. The minimum atomic E-state index is -0.821. The van der Waals surface area contributed by atoms with Gasteiger partial charge in [0, 0.05) is 24.1 Å². The van der Waals surface area contributed by atoms with Crippen LogP contribution < -0.4 is 0 Å². The zero-order valence-corrected chi connectivity index (χ0v) is 11.3. The van der Waals surface area contributed by atoms with Crippen molar-refractivity contribution in [1.29, 1.82) is 0 Å². The van der Waals surface area contributed by atoms with Crippen LogP contribution in [0.25, 0.3) is 0 Å². The number of nitrogens with zero attached hydrogens (tertiary/aromatic N) is 1. The molecular formula is C15H19NO3. The lowest BCUT2D eigenvalue weighted by molar-refractivity contribution is -0.137. The van der Waals surface area contributed by atoms with Gasteiger partial charge in [-0.1, -0.05) is 18.2 Å². The van der Waals surface area contributed by atoms with Gasteiger partial charge in [-0.25, -0.2) is 0 Å². The molecule has 102 valence electrons. The Morgan fingerprint density at radius 1 is 1.37 bits per heavy atom. The normalized spacial score (nSPS) is 15.3. The molecule has 1 N–H and O–H groups in total. The Balaban J connectivity index is 2.19. The molecule has 1 heterocycles. The molecule has 0 aliphatic carbocycles. The van der Waals surface area contributed by atoms with Gasteiger partial charge in [0.1, 0.15) is 0 Å². The topological polar surface area (TPSA) is 57.6 Å². The second-order valence-corrected chi connectivity index (χ2v) is 5.57. The Kier molecular flexibility index (Phi) is 3.60. The van der Waals surface area contributed by atoms with Gasteiger partial charge < -0.3 is 10.0 Å². The summed E-state index contributed by atoms with van der Waals surface area (Å²) in [6, 6.07) is 7.63. The lowest BCUT2D eigenvalue weighted by atomic mass is 9.90. The van der Waals surface area contributed by atoms with Crippen LogP contribution >= 0.6 is 0 Å². The molecule has 0 unspecified atom stereocenters. The monoisotopic (exact) mass is 261 g/mol. The standard InChI is InChI=1S/C15H19NO3/c1-15(2,9-7-13(17)18)16-10-8-11-5-3-4-6-12(11)14(16)19/h3-6H,7-10H2,1-2H3,(H,17,18). The maximum atomic E-state index is 12.5. The van der Waals surface area contributed by atoms with E-state index >= 15 is 0 Å². The number of rotatable bonds is 4. The third kappa shape index (κ3) is 2.78. The van der Waals surface area contributed by atoms with Crippen LogP contribution in [0.4, 0.5) is 0 Å². The van der Waals surface area contributed by atoms with Gasteiger partial charge >= 0.3 is 5.97 Å². The number of carboxylic acid groups (broad SMARTS) is 1. The van der Waals surface area contributed by atoms with E-state index in [1.54, 1.807) is 4.90 Å². The van der Waals surface area contributed by atoms with Crippen LogP contribution in [-0.4, -0.2) is 34.0 Å². The van der Waals surface area contributed by atoms with Crippen LogP contribution in [0.15, 0.2) is 24.3 Å². The number of carbonyl (C=O) groups is 2. The molecule has 0 saturated carbocycles. The molecule has 2 rings (SSSR count). The summed E-state index contributed by atoms with van der Waals surface area (Å²) in [7, 11) is 0. The van der Waals surface area contributed by atoms with E-state index in [4.69, 9.17) is 5.11 Å². The fourth-order valence-corrected chi connectivity index (χ4v) is 2.55. The Morgan fingerprint density at radius 2 is 2.05 bits per heavy atom. The summed E-state index contributed by atoms with van der Waals surface area (Å²) in [4.78, 5) is 25.0. The number of aliphatic carboxylic acids is 1. The number of carbonyl (C=O) groups excluding carboxylic acids is 1. The number of hydrogen-bond acceptors (Lipinski definition) is 2. The summed E-state index contributed by atoms with van der Waals surface area (Å²) in [5, 5.41) is 8.80. The highest BCUT2D eigenvalue weighted by Gasteiger charge is 2.34. The number of benzene rings is 1. The molecular weight excluding hydrogens is 242 g/mol. The first-order valence-electron chi connectivity index (χ1n) is 6.53. The molecule has 19 heavy (non-hydrogen) atoms. The van der Waals surface area contributed by atoms with Gasteiger partial charge in [-0.3, -0.25) is 9.59 Å². The van der Waals surface area contributed by atoms with Crippen LogP contribution in [0, 0.1) is 0 Å². The van der Waals surface area contributed by atoms with E-state index in [9.17, 15) is 9.59 Å². The maximum absolute atomic E-state index is 12.5. The van der Waals surface area contributed by atoms with Crippen molar-refractivity contribution in [2.24, 2.45) is 0 Å². The Bertz CT molecular complexity index is 508. The molecule has 0 atom stereocenters. The highest BCUT2D eigenvalue weighted by molar-refractivity contribution is 5.97. The van der Waals surface area contributed by atoms with Crippen LogP contribution in [0.3, 0.4) is 0 Å². The summed E-state index contributed by atoms with van der Waals surface area (Å²) in [6.45, 7) is 4.52. The van der Waals surface area contributed by atoms with Crippen LogP contribution in [-0.2, 0) is 11.2 Å². The zero-order valence-electron chi connectivity index (χ0n) is 11.3. The predicted molar refractivity (Wildman–Crippen MR) is 72.1 cm³/mol. The van der Waals surface area contributed by atoms with Gasteiger partial charge in [0.05, 0.1) is 0 Å². The molecule has 0 bridgehead atoms. The molecule has 1 aliphatic rings. The Labute approximate surface area is 113 Å². The van der Waals surface area contributed by atoms with Crippen molar-refractivity contribution >= 4 is 11.9 Å². The average molecular weight is 261 g/mol. The second kappa shape index (κ2) is 5.03. The molecule has 4 heteroatoms. The molecule has 4 nitrogen and oxygen atoms in total. The molecule has 1 amide bonds. The fourth-order valence-electron chi connectivity index (χ4n) is 2.55. The van der Waals surface area contributed by atoms with Crippen molar-refractivity contribution in [3.63, 3.8) is 0 Å². The SMILES string of the molecule is CC(C)(CCC(=O)O)N1CCc2ccccc2C1=O. The molecule has 0 fully saturated rings. The Hall–Kier alpha value is -1.84. The van der Waals surface area contributed by atoms with E-state index < -0.39 is 11.5 Å². The summed E-state index contributed by atoms with van der Waals surface area (Å²) in [5.41, 5.74) is 1.40. The zero-order chi connectivity index (χ0) is 14.0. The van der Waals surface area contributed by atoms with E-state index in [2.05, 4.69) is 0 Å². The smallest absolute Gasteiger partial charge is 0.303 e. The lowest BCUT2D eigenvalue weighted by Gasteiger charge is -2.41. The van der Waals surface area contributed by atoms with Gasteiger partial charge in [-0.05, 0) is 38.3 Å². The van der Waals surface area contributed by atoms with Crippen molar-refractivity contribution < 1.29 is 14.7 Å². The van der Waals surface area contributed by atoms with Gasteiger partial charge in [-0.2, -0.15) is 0 Å². The summed E-state index contributed by atoms with van der Waals surface area (Å²) >= 11 is 0. The Morgan fingerprint density at radius 3 is 2.74 bits per heavy atom. The van der Waals surface area contributed by atoms with E-state index in [0.717, 1.165) is 17.5 Å². The van der Waals surface area contributed by atoms with Crippen LogP contribution in [0.2, 0.25) is 0 Å². The molecule has 1 aliphatic heterocycles. The molecule has 0 spiro atoms. The minimum Gasteiger partial charge on any atom is -0.481 e. The van der Waals surface area contributed by atoms with Crippen molar-refractivity contribution in [2.75, 3.05) is 6.54 Å². The highest BCUT2D eigenvalue weighted by Crippen LogP contribution is 2.28. The van der Waals surface area contributed by atoms with Crippen molar-refractivity contribution in [3.05, 3.63) is 35.4 Å². The van der Waals surface area contributed by atoms with Gasteiger partial charge in [-0.15, -0.1) is 0 Å². The van der Waals surface area contributed by atoms with Crippen molar-refractivity contribution in [2.45, 2.75) is 38.6 Å². The first-order valence-corrected chi connectivity index (χ1v) is 6.53. The number of amides is 1. The summed E-state index contributed by atoms with van der Waals surface area (Å²) in [6.07, 6.45) is 1.38. The molecule has 0 radical (unpaired) electrons. The van der Waals surface area contributed by atoms with Crippen LogP contribution in [0.5, 0.6) is 0 Å². The van der Waals surface area contributed by atoms with E-state index in [-0.39, 0.29) is 12.3 Å². The fraction of sp³-hybridized carbons (Fsp3) is 0.467. The highest BCUT2D eigenvalue weighted by atomic mass is 16.4. The molecule has 0 saturated heterocycles. The number of fused-ring (bicyclic) bond motifs is 1. The van der Waals surface area contributed by atoms with Crippen LogP contribution in [0.1, 0.15) is 42.6 Å². The third-order valence-corrected chi connectivity index (χ3v) is 3.78. The second-order valence-electron chi connectivity index (χ2n) is 5.57. The third-order valence-electron chi connectivity index (χ3n) is 3.78. The maximum Gasteiger partial charge on any atom is 0.303 e. The average Bonchev–Trinajstić information content (AvgIpc) is 2.37. The number of carboxylic acids is 1. The minimum absolute atomic E-state index is 0.0113. The molecule has 1 aromatic carbocycles.